The van der Waals surface area contributed by atoms with E-state index in [-0.39, 0.29) is 12.1 Å². The van der Waals surface area contributed by atoms with Gasteiger partial charge in [0.25, 0.3) is 0 Å². The van der Waals surface area contributed by atoms with Crippen LogP contribution >= 0.6 is 11.6 Å². The van der Waals surface area contributed by atoms with Crippen molar-refractivity contribution in [3.8, 4) is 0 Å². The first-order valence-corrected chi connectivity index (χ1v) is 6.32. The van der Waals surface area contributed by atoms with Gasteiger partial charge in [0.15, 0.2) is 0 Å². The highest BCUT2D eigenvalue weighted by molar-refractivity contribution is 6.18. The van der Waals surface area contributed by atoms with Crippen molar-refractivity contribution in [1.29, 1.82) is 0 Å². The van der Waals surface area contributed by atoms with Gasteiger partial charge in [0.05, 0.1) is 6.54 Å². The Morgan fingerprint density at radius 1 is 1.47 bits per heavy atom. The van der Waals surface area contributed by atoms with E-state index in [2.05, 4.69) is 6.92 Å². The van der Waals surface area contributed by atoms with Crippen LogP contribution in [0.5, 0.6) is 0 Å². The van der Waals surface area contributed by atoms with E-state index in [0.717, 1.165) is 12.8 Å². The fraction of sp³-hybridized carbons (Fsp3) is 0.909. The molecule has 0 aromatic heterocycles. The monoisotopic (exact) mass is 233 g/mol. The molecule has 0 aromatic rings. The van der Waals surface area contributed by atoms with Crippen LogP contribution in [-0.2, 0) is 4.74 Å². The quantitative estimate of drug-likeness (QED) is 0.500. The largest absolute Gasteiger partial charge is 0.448 e. The molecule has 88 valence electrons. The number of hydrogen-bond donors (Lipinski definition) is 0. The Morgan fingerprint density at radius 2 is 2.27 bits per heavy atom. The van der Waals surface area contributed by atoms with E-state index in [0.29, 0.717) is 19.0 Å². The molecule has 1 saturated heterocycles. The van der Waals surface area contributed by atoms with E-state index in [1.807, 2.05) is 0 Å². The van der Waals surface area contributed by atoms with Crippen molar-refractivity contribution in [2.24, 2.45) is 0 Å². The van der Waals surface area contributed by atoms with Crippen molar-refractivity contribution in [1.82, 2.24) is 4.90 Å². The number of nitrogens with zero attached hydrogens (tertiary/aromatic N) is 1. The standard InChI is InChI=1S/C11H20ClNO2/c1-2-3-4-5-6-10(9-12)13-7-8-15-11(13)14/h10H,2-9H2,1H3. The Kier molecular flexibility index (Phi) is 5.84. The summed E-state index contributed by atoms with van der Waals surface area (Å²) in [4.78, 5) is 13.1. The summed E-state index contributed by atoms with van der Waals surface area (Å²) in [6.45, 7) is 3.40. The zero-order valence-electron chi connectivity index (χ0n) is 9.38. The van der Waals surface area contributed by atoms with E-state index < -0.39 is 0 Å². The third kappa shape index (κ3) is 3.90. The number of alkyl halides is 1. The van der Waals surface area contributed by atoms with Crippen molar-refractivity contribution in [3.05, 3.63) is 0 Å². The van der Waals surface area contributed by atoms with Gasteiger partial charge in [0, 0.05) is 11.9 Å². The smallest absolute Gasteiger partial charge is 0.410 e. The Hall–Kier alpha value is -0.440. The maximum absolute atomic E-state index is 11.3. The molecule has 0 N–H and O–H groups in total. The van der Waals surface area contributed by atoms with Gasteiger partial charge in [0.2, 0.25) is 0 Å². The van der Waals surface area contributed by atoms with Crippen LogP contribution in [0.3, 0.4) is 0 Å². The number of unbranched alkanes of at least 4 members (excludes halogenated alkanes) is 3. The second-order valence-electron chi connectivity index (χ2n) is 3.97. The highest BCUT2D eigenvalue weighted by Crippen LogP contribution is 2.16. The van der Waals surface area contributed by atoms with Gasteiger partial charge < -0.3 is 9.64 Å². The van der Waals surface area contributed by atoms with Gasteiger partial charge >= 0.3 is 6.09 Å². The second-order valence-corrected chi connectivity index (χ2v) is 4.27. The number of amides is 1. The predicted molar refractivity (Wildman–Crippen MR) is 61.3 cm³/mol. The molecule has 0 aliphatic carbocycles. The summed E-state index contributed by atoms with van der Waals surface area (Å²) in [5, 5.41) is 0. The average molecular weight is 234 g/mol. The summed E-state index contributed by atoms with van der Waals surface area (Å²) < 4.78 is 4.90. The molecule has 3 nitrogen and oxygen atoms in total. The molecular formula is C11H20ClNO2. The van der Waals surface area contributed by atoms with Crippen LogP contribution in [0.25, 0.3) is 0 Å². The van der Waals surface area contributed by atoms with Crippen molar-refractivity contribution in [2.75, 3.05) is 19.0 Å². The van der Waals surface area contributed by atoms with Crippen molar-refractivity contribution >= 4 is 17.7 Å². The topological polar surface area (TPSA) is 29.5 Å². The van der Waals surface area contributed by atoms with Crippen LogP contribution in [0.15, 0.2) is 0 Å². The zero-order chi connectivity index (χ0) is 11.1. The highest BCUT2D eigenvalue weighted by Gasteiger charge is 2.28. The molecule has 1 amide bonds. The minimum absolute atomic E-state index is 0.165. The molecule has 1 fully saturated rings. The van der Waals surface area contributed by atoms with Crippen molar-refractivity contribution < 1.29 is 9.53 Å². The van der Waals surface area contributed by atoms with Gasteiger partial charge in [-0.2, -0.15) is 0 Å². The van der Waals surface area contributed by atoms with Crippen molar-refractivity contribution in [2.45, 2.75) is 45.1 Å². The number of halogens is 1. The summed E-state index contributed by atoms with van der Waals surface area (Å²) >= 11 is 5.88. The maximum Gasteiger partial charge on any atom is 0.410 e. The number of cyclic esters (lactones) is 1. The molecule has 1 unspecified atom stereocenters. The Morgan fingerprint density at radius 3 is 2.80 bits per heavy atom. The molecule has 1 rings (SSSR count). The average Bonchev–Trinajstić information content (AvgIpc) is 2.65. The third-order valence-corrected chi connectivity index (χ3v) is 3.16. The molecule has 15 heavy (non-hydrogen) atoms. The molecule has 0 saturated carbocycles. The molecule has 1 aliphatic rings. The van der Waals surface area contributed by atoms with Gasteiger partial charge in [0.1, 0.15) is 6.61 Å². The van der Waals surface area contributed by atoms with Crippen LogP contribution in [0, 0.1) is 0 Å². The fourth-order valence-corrected chi connectivity index (χ4v) is 2.18. The van der Waals surface area contributed by atoms with Crippen LogP contribution in [0.1, 0.15) is 39.0 Å². The first-order valence-electron chi connectivity index (χ1n) is 5.79. The molecule has 0 radical (unpaired) electrons. The van der Waals surface area contributed by atoms with E-state index in [1.54, 1.807) is 4.90 Å². The second kappa shape index (κ2) is 6.94. The first-order chi connectivity index (χ1) is 7.29. The van der Waals surface area contributed by atoms with E-state index in [1.165, 1.54) is 19.3 Å². The number of carbonyl (C=O) groups excluding carboxylic acids is 1. The van der Waals surface area contributed by atoms with Crippen LogP contribution in [-0.4, -0.2) is 36.1 Å². The summed E-state index contributed by atoms with van der Waals surface area (Å²) in [5.41, 5.74) is 0. The van der Waals surface area contributed by atoms with Gasteiger partial charge in [-0.15, -0.1) is 11.6 Å². The zero-order valence-corrected chi connectivity index (χ0v) is 10.1. The van der Waals surface area contributed by atoms with Gasteiger partial charge in [-0.25, -0.2) is 4.79 Å². The van der Waals surface area contributed by atoms with Gasteiger partial charge in [-0.3, -0.25) is 0 Å². The lowest BCUT2D eigenvalue weighted by Crippen LogP contribution is -2.37. The first kappa shape index (κ1) is 12.6. The Balaban J connectivity index is 2.25. The van der Waals surface area contributed by atoms with Crippen LogP contribution in [0.2, 0.25) is 0 Å². The van der Waals surface area contributed by atoms with Gasteiger partial charge in [-0.05, 0) is 6.42 Å². The number of hydrogen-bond acceptors (Lipinski definition) is 2. The Bertz CT molecular complexity index is 199. The minimum Gasteiger partial charge on any atom is -0.448 e. The molecule has 1 aliphatic heterocycles. The lowest BCUT2D eigenvalue weighted by atomic mass is 10.1. The summed E-state index contributed by atoms with van der Waals surface area (Å²) in [5.74, 6) is 0.515. The SMILES string of the molecule is CCCCCCC(CCl)N1CCOC1=O. The molecule has 1 heterocycles. The maximum atomic E-state index is 11.3. The lowest BCUT2D eigenvalue weighted by molar-refractivity contribution is 0.148. The van der Waals surface area contributed by atoms with E-state index in [4.69, 9.17) is 16.3 Å². The molecule has 4 heteroatoms. The molecule has 0 spiro atoms. The van der Waals surface area contributed by atoms with Crippen molar-refractivity contribution in [3.63, 3.8) is 0 Å². The lowest BCUT2D eigenvalue weighted by Gasteiger charge is -2.23. The molecule has 1 atom stereocenters. The summed E-state index contributed by atoms with van der Waals surface area (Å²) in [7, 11) is 0. The summed E-state index contributed by atoms with van der Waals surface area (Å²) in [6.07, 6.45) is 5.67. The van der Waals surface area contributed by atoms with Crippen LogP contribution < -0.4 is 0 Å². The summed E-state index contributed by atoms with van der Waals surface area (Å²) in [6, 6.07) is 0.165. The third-order valence-electron chi connectivity index (χ3n) is 2.80. The number of ether oxygens (including phenoxy) is 1. The van der Waals surface area contributed by atoms with Gasteiger partial charge in [-0.1, -0.05) is 32.6 Å². The Labute approximate surface area is 96.7 Å². The molecular weight excluding hydrogens is 214 g/mol. The fourth-order valence-electron chi connectivity index (χ4n) is 1.86. The normalized spacial score (nSPS) is 18.0. The van der Waals surface area contributed by atoms with Crippen LogP contribution in [0.4, 0.5) is 4.79 Å². The molecule has 0 bridgehead atoms. The predicted octanol–water partition coefficient (Wildman–Crippen LogP) is 3.02. The van der Waals surface area contributed by atoms with E-state index in [9.17, 15) is 4.79 Å². The number of carbonyl (C=O) groups is 1. The minimum atomic E-state index is -0.198. The highest BCUT2D eigenvalue weighted by atomic mass is 35.5. The van der Waals surface area contributed by atoms with E-state index >= 15 is 0 Å². The molecule has 0 aromatic carbocycles. The number of rotatable bonds is 7.